The number of benzene rings is 1. The van der Waals surface area contributed by atoms with E-state index < -0.39 is 5.82 Å². The van der Waals surface area contributed by atoms with Crippen molar-refractivity contribution < 1.29 is 9.13 Å². The summed E-state index contributed by atoms with van der Waals surface area (Å²) < 4.78 is 19.0. The van der Waals surface area contributed by atoms with Gasteiger partial charge in [-0.3, -0.25) is 0 Å². The van der Waals surface area contributed by atoms with E-state index in [4.69, 9.17) is 16.3 Å². The van der Waals surface area contributed by atoms with E-state index >= 15 is 0 Å². The number of halogens is 2. The van der Waals surface area contributed by atoms with Crippen LogP contribution in [0.3, 0.4) is 0 Å². The molecule has 1 N–H and O–H groups in total. The SMILES string of the molecule is CCOCc1ccccc1CNc1ncc(Cl)cc1F. The van der Waals surface area contributed by atoms with Crippen LogP contribution in [0.5, 0.6) is 0 Å². The molecular weight excluding hydrogens is 279 g/mol. The van der Waals surface area contributed by atoms with Crippen molar-refractivity contribution in [2.45, 2.75) is 20.1 Å². The van der Waals surface area contributed by atoms with Crippen LogP contribution in [0.15, 0.2) is 36.5 Å². The molecule has 0 saturated heterocycles. The number of hydrogen-bond acceptors (Lipinski definition) is 3. The maximum Gasteiger partial charge on any atom is 0.166 e. The van der Waals surface area contributed by atoms with Crippen molar-refractivity contribution in [2.24, 2.45) is 0 Å². The summed E-state index contributed by atoms with van der Waals surface area (Å²) in [5, 5.41) is 3.26. The van der Waals surface area contributed by atoms with E-state index in [-0.39, 0.29) is 10.8 Å². The minimum absolute atomic E-state index is 0.195. The molecule has 1 aromatic carbocycles. The van der Waals surface area contributed by atoms with E-state index in [0.717, 1.165) is 11.1 Å². The summed E-state index contributed by atoms with van der Waals surface area (Å²) in [6.07, 6.45) is 1.42. The lowest BCUT2D eigenvalue weighted by Crippen LogP contribution is -2.06. The van der Waals surface area contributed by atoms with E-state index in [2.05, 4.69) is 10.3 Å². The number of anilines is 1. The van der Waals surface area contributed by atoms with Crippen LogP contribution in [0.2, 0.25) is 5.02 Å². The third-order valence-electron chi connectivity index (χ3n) is 2.83. The number of nitrogens with zero attached hydrogens (tertiary/aromatic N) is 1. The lowest BCUT2D eigenvalue weighted by atomic mass is 10.1. The fourth-order valence-electron chi connectivity index (χ4n) is 1.81. The molecular formula is C15H16ClFN2O. The number of nitrogens with one attached hydrogen (secondary N) is 1. The topological polar surface area (TPSA) is 34.1 Å². The van der Waals surface area contributed by atoms with Gasteiger partial charge in [0.2, 0.25) is 0 Å². The predicted octanol–water partition coefficient (Wildman–Crippen LogP) is 4.02. The second-order valence-corrected chi connectivity index (χ2v) is 4.68. The summed E-state index contributed by atoms with van der Waals surface area (Å²) >= 11 is 5.67. The maximum atomic E-state index is 13.6. The van der Waals surface area contributed by atoms with Gasteiger partial charge in [-0.15, -0.1) is 0 Å². The molecule has 2 aromatic rings. The summed E-state index contributed by atoms with van der Waals surface area (Å²) in [5.41, 5.74) is 2.13. The third kappa shape index (κ3) is 3.92. The molecule has 0 aliphatic heterocycles. The first-order valence-electron chi connectivity index (χ1n) is 6.40. The highest BCUT2D eigenvalue weighted by atomic mass is 35.5. The number of hydrogen-bond donors (Lipinski definition) is 1. The first kappa shape index (κ1) is 14.8. The molecule has 3 nitrogen and oxygen atoms in total. The minimum Gasteiger partial charge on any atom is -0.377 e. The Morgan fingerprint density at radius 2 is 2.05 bits per heavy atom. The summed E-state index contributed by atoms with van der Waals surface area (Å²) in [6.45, 7) is 3.64. The van der Waals surface area contributed by atoms with Crippen molar-refractivity contribution in [1.82, 2.24) is 4.98 Å². The Morgan fingerprint density at radius 1 is 1.30 bits per heavy atom. The Morgan fingerprint density at radius 3 is 2.75 bits per heavy atom. The predicted molar refractivity (Wildman–Crippen MR) is 78.3 cm³/mol. The molecule has 1 heterocycles. The van der Waals surface area contributed by atoms with E-state index in [1.807, 2.05) is 31.2 Å². The lowest BCUT2D eigenvalue weighted by molar-refractivity contribution is 0.133. The maximum absolute atomic E-state index is 13.6. The van der Waals surface area contributed by atoms with Gasteiger partial charge in [0.25, 0.3) is 0 Å². The molecule has 20 heavy (non-hydrogen) atoms. The standard InChI is InChI=1S/C15H16ClFN2O/c1-2-20-10-12-6-4-3-5-11(12)8-18-15-14(17)7-13(16)9-19-15/h3-7,9H,2,8,10H2,1H3,(H,18,19). The normalized spacial score (nSPS) is 10.6. The Labute approximate surface area is 122 Å². The fourth-order valence-corrected chi connectivity index (χ4v) is 1.95. The van der Waals surface area contributed by atoms with Gasteiger partial charge >= 0.3 is 0 Å². The molecule has 106 valence electrons. The first-order chi connectivity index (χ1) is 9.70. The van der Waals surface area contributed by atoms with Gasteiger partial charge in [-0.05, 0) is 24.1 Å². The Bertz CT molecular complexity index is 578. The van der Waals surface area contributed by atoms with E-state index in [1.165, 1.54) is 12.3 Å². The molecule has 0 aliphatic carbocycles. The second kappa shape index (κ2) is 7.22. The van der Waals surface area contributed by atoms with Gasteiger partial charge < -0.3 is 10.1 Å². The summed E-state index contributed by atoms with van der Waals surface area (Å²) in [4.78, 5) is 3.94. The lowest BCUT2D eigenvalue weighted by Gasteiger charge is -2.11. The monoisotopic (exact) mass is 294 g/mol. The molecule has 0 spiro atoms. The molecule has 0 aliphatic rings. The smallest absolute Gasteiger partial charge is 0.166 e. The largest absolute Gasteiger partial charge is 0.377 e. The van der Waals surface area contributed by atoms with Crippen LogP contribution in [0, 0.1) is 5.82 Å². The zero-order valence-corrected chi connectivity index (χ0v) is 12.0. The Balaban J connectivity index is 2.06. The van der Waals surface area contributed by atoms with E-state index in [1.54, 1.807) is 0 Å². The minimum atomic E-state index is -0.459. The van der Waals surface area contributed by atoms with Crippen LogP contribution in [0.25, 0.3) is 0 Å². The first-order valence-corrected chi connectivity index (χ1v) is 6.78. The van der Waals surface area contributed by atoms with Crippen molar-refractivity contribution >= 4 is 17.4 Å². The van der Waals surface area contributed by atoms with Crippen molar-refractivity contribution in [1.29, 1.82) is 0 Å². The van der Waals surface area contributed by atoms with Crippen LogP contribution >= 0.6 is 11.6 Å². The molecule has 0 atom stereocenters. The fraction of sp³-hybridized carbons (Fsp3) is 0.267. The molecule has 0 amide bonds. The van der Waals surface area contributed by atoms with Crippen molar-refractivity contribution in [2.75, 3.05) is 11.9 Å². The molecule has 0 unspecified atom stereocenters. The average molecular weight is 295 g/mol. The zero-order chi connectivity index (χ0) is 14.4. The molecule has 0 saturated carbocycles. The Kier molecular flexibility index (Phi) is 5.32. The number of aromatic nitrogens is 1. The summed E-state index contributed by atoms with van der Waals surface area (Å²) in [5.74, 6) is -0.264. The van der Waals surface area contributed by atoms with Gasteiger partial charge in [-0.25, -0.2) is 9.37 Å². The van der Waals surface area contributed by atoms with Gasteiger partial charge in [0, 0.05) is 19.3 Å². The van der Waals surface area contributed by atoms with Crippen LogP contribution in [0.4, 0.5) is 10.2 Å². The highest BCUT2D eigenvalue weighted by Crippen LogP contribution is 2.17. The summed E-state index contributed by atoms with van der Waals surface area (Å²) in [6, 6.07) is 9.12. The zero-order valence-electron chi connectivity index (χ0n) is 11.2. The van der Waals surface area contributed by atoms with Crippen molar-refractivity contribution in [3.8, 4) is 0 Å². The summed E-state index contributed by atoms with van der Waals surface area (Å²) in [7, 11) is 0. The average Bonchev–Trinajstić information content (AvgIpc) is 2.45. The van der Waals surface area contributed by atoms with Gasteiger partial charge in [-0.1, -0.05) is 35.9 Å². The number of ether oxygens (including phenoxy) is 1. The van der Waals surface area contributed by atoms with Crippen molar-refractivity contribution in [3.05, 3.63) is 58.5 Å². The molecule has 0 bridgehead atoms. The van der Waals surface area contributed by atoms with Crippen molar-refractivity contribution in [3.63, 3.8) is 0 Å². The quantitative estimate of drug-likeness (QED) is 0.873. The van der Waals surface area contributed by atoms with Crippen LogP contribution in [-0.2, 0) is 17.9 Å². The second-order valence-electron chi connectivity index (χ2n) is 4.24. The van der Waals surface area contributed by atoms with Crippen LogP contribution in [0.1, 0.15) is 18.1 Å². The number of rotatable bonds is 6. The highest BCUT2D eigenvalue weighted by Gasteiger charge is 2.06. The van der Waals surface area contributed by atoms with Crippen LogP contribution in [-0.4, -0.2) is 11.6 Å². The van der Waals surface area contributed by atoms with E-state index in [0.29, 0.717) is 19.8 Å². The molecule has 2 rings (SSSR count). The number of pyridine rings is 1. The van der Waals surface area contributed by atoms with Gasteiger partial charge in [0.05, 0.1) is 11.6 Å². The van der Waals surface area contributed by atoms with Gasteiger partial charge in [0.15, 0.2) is 11.6 Å². The molecule has 1 aromatic heterocycles. The molecule has 5 heteroatoms. The third-order valence-corrected chi connectivity index (χ3v) is 3.04. The van der Waals surface area contributed by atoms with Crippen LogP contribution < -0.4 is 5.32 Å². The van der Waals surface area contributed by atoms with E-state index in [9.17, 15) is 4.39 Å². The van der Waals surface area contributed by atoms with Gasteiger partial charge in [-0.2, -0.15) is 0 Å². The molecule has 0 radical (unpaired) electrons. The Hall–Kier alpha value is -1.65. The highest BCUT2D eigenvalue weighted by molar-refractivity contribution is 6.30. The van der Waals surface area contributed by atoms with Gasteiger partial charge in [0.1, 0.15) is 0 Å². The molecule has 0 fully saturated rings.